The van der Waals surface area contributed by atoms with Gasteiger partial charge in [-0.15, -0.1) is 0 Å². The van der Waals surface area contributed by atoms with Gasteiger partial charge in [0.15, 0.2) is 5.78 Å². The van der Waals surface area contributed by atoms with Gasteiger partial charge in [0.1, 0.15) is 17.2 Å². The molecule has 0 atom stereocenters. The standard InChI is InChI=1S/C24H28FN5O3/c25-18-1-2-21-19(11-18)20(31)12-24(33-21)5-9-30(10-6-24)22(32)17-3-7-29(8-4-17)15-16-13-27-23(26)28-14-16/h1-2,11,13-14,17H,3-10,12,15H2,(H2,26,27,28). The second-order valence-electron chi connectivity index (χ2n) is 9.35. The molecule has 0 saturated carbocycles. The molecule has 1 aromatic heterocycles. The highest BCUT2D eigenvalue weighted by molar-refractivity contribution is 6.00. The van der Waals surface area contributed by atoms with Crippen molar-refractivity contribution in [3.8, 4) is 5.75 Å². The van der Waals surface area contributed by atoms with E-state index in [1.54, 1.807) is 12.4 Å². The smallest absolute Gasteiger partial charge is 0.225 e. The highest BCUT2D eigenvalue weighted by atomic mass is 19.1. The zero-order valence-electron chi connectivity index (χ0n) is 18.5. The number of anilines is 1. The molecule has 1 amide bonds. The van der Waals surface area contributed by atoms with Crippen molar-refractivity contribution in [1.29, 1.82) is 0 Å². The molecule has 9 heteroatoms. The normalized spacial score (nSPS) is 21.0. The molecule has 2 N–H and O–H groups in total. The summed E-state index contributed by atoms with van der Waals surface area (Å²) in [4.78, 5) is 38.1. The van der Waals surface area contributed by atoms with Crippen LogP contribution in [0.3, 0.4) is 0 Å². The van der Waals surface area contributed by atoms with Crippen LogP contribution < -0.4 is 10.5 Å². The predicted molar refractivity (Wildman–Crippen MR) is 119 cm³/mol. The van der Waals surface area contributed by atoms with E-state index >= 15 is 0 Å². The Kier molecular flexibility index (Phi) is 5.74. The molecule has 2 aromatic rings. The maximum Gasteiger partial charge on any atom is 0.225 e. The molecule has 3 aliphatic rings. The van der Waals surface area contributed by atoms with Crippen molar-refractivity contribution in [2.75, 3.05) is 31.9 Å². The van der Waals surface area contributed by atoms with Crippen LogP contribution in [-0.4, -0.2) is 63.2 Å². The fraction of sp³-hybridized carbons (Fsp3) is 0.500. The molecule has 1 aromatic carbocycles. The first kappa shape index (κ1) is 21.8. The van der Waals surface area contributed by atoms with Crippen LogP contribution in [0.4, 0.5) is 10.3 Å². The number of ketones is 1. The Morgan fingerprint density at radius 2 is 1.85 bits per heavy atom. The van der Waals surface area contributed by atoms with Gasteiger partial charge in [0.2, 0.25) is 11.9 Å². The van der Waals surface area contributed by atoms with Gasteiger partial charge in [0, 0.05) is 56.4 Å². The summed E-state index contributed by atoms with van der Waals surface area (Å²) in [6.45, 7) is 3.61. The Balaban J connectivity index is 1.13. The van der Waals surface area contributed by atoms with Crippen LogP contribution >= 0.6 is 0 Å². The summed E-state index contributed by atoms with van der Waals surface area (Å²) in [5.74, 6) is 0.420. The molecule has 2 saturated heterocycles. The van der Waals surface area contributed by atoms with Crippen molar-refractivity contribution in [3.63, 3.8) is 0 Å². The number of piperidine rings is 2. The summed E-state index contributed by atoms with van der Waals surface area (Å²) >= 11 is 0. The average Bonchev–Trinajstić information content (AvgIpc) is 2.82. The van der Waals surface area contributed by atoms with Gasteiger partial charge < -0.3 is 15.4 Å². The van der Waals surface area contributed by atoms with E-state index in [2.05, 4.69) is 14.9 Å². The third-order valence-corrected chi connectivity index (χ3v) is 7.11. The summed E-state index contributed by atoms with van der Waals surface area (Å²) in [5, 5.41) is 0. The molecule has 4 heterocycles. The minimum Gasteiger partial charge on any atom is -0.486 e. The number of nitrogens with zero attached hydrogens (tertiary/aromatic N) is 4. The fourth-order valence-corrected chi connectivity index (χ4v) is 5.18. The molecule has 0 bridgehead atoms. The van der Waals surface area contributed by atoms with Gasteiger partial charge in [-0.3, -0.25) is 14.5 Å². The SMILES string of the molecule is Nc1ncc(CN2CCC(C(=O)N3CCC4(CC3)CC(=O)c3cc(F)ccc3O4)CC2)cn1. The van der Waals surface area contributed by atoms with Gasteiger partial charge in [-0.05, 0) is 44.1 Å². The molecule has 3 aliphatic heterocycles. The first-order valence-electron chi connectivity index (χ1n) is 11.5. The Morgan fingerprint density at radius 1 is 1.15 bits per heavy atom. The number of halogens is 1. The lowest BCUT2D eigenvalue weighted by Gasteiger charge is -2.45. The van der Waals surface area contributed by atoms with Crippen LogP contribution in [0, 0.1) is 11.7 Å². The second-order valence-corrected chi connectivity index (χ2v) is 9.35. The number of nitrogen functional groups attached to an aromatic ring is 1. The third-order valence-electron chi connectivity index (χ3n) is 7.11. The van der Waals surface area contributed by atoms with Crippen molar-refractivity contribution >= 4 is 17.6 Å². The molecule has 0 radical (unpaired) electrons. The topological polar surface area (TPSA) is 102 Å². The van der Waals surface area contributed by atoms with E-state index in [4.69, 9.17) is 10.5 Å². The van der Waals surface area contributed by atoms with Crippen LogP contribution in [0.2, 0.25) is 0 Å². The molecule has 5 rings (SSSR count). The number of amides is 1. The van der Waals surface area contributed by atoms with Crippen molar-refractivity contribution in [3.05, 3.63) is 47.5 Å². The Labute approximate surface area is 191 Å². The first-order chi connectivity index (χ1) is 15.9. The molecule has 33 heavy (non-hydrogen) atoms. The fourth-order valence-electron chi connectivity index (χ4n) is 5.18. The van der Waals surface area contributed by atoms with Gasteiger partial charge in [0.05, 0.1) is 12.0 Å². The lowest BCUT2D eigenvalue weighted by molar-refractivity contribution is -0.140. The molecular weight excluding hydrogens is 425 g/mol. The van der Waals surface area contributed by atoms with Crippen LogP contribution in [-0.2, 0) is 11.3 Å². The van der Waals surface area contributed by atoms with Gasteiger partial charge in [-0.2, -0.15) is 0 Å². The van der Waals surface area contributed by atoms with Crippen molar-refractivity contribution < 1.29 is 18.7 Å². The van der Waals surface area contributed by atoms with Gasteiger partial charge in [0.25, 0.3) is 0 Å². The largest absolute Gasteiger partial charge is 0.486 e. The maximum absolute atomic E-state index is 13.5. The summed E-state index contributed by atoms with van der Waals surface area (Å²) in [6, 6.07) is 4.09. The van der Waals surface area contributed by atoms with E-state index in [-0.39, 0.29) is 30.0 Å². The number of carbonyl (C=O) groups is 2. The number of aromatic nitrogens is 2. The number of benzene rings is 1. The number of rotatable bonds is 3. The van der Waals surface area contributed by atoms with E-state index in [9.17, 15) is 14.0 Å². The molecular formula is C24H28FN5O3. The second kappa shape index (κ2) is 8.70. The monoisotopic (exact) mass is 453 g/mol. The van der Waals surface area contributed by atoms with E-state index in [0.717, 1.165) is 38.0 Å². The number of likely N-dealkylation sites (tertiary alicyclic amines) is 2. The summed E-state index contributed by atoms with van der Waals surface area (Å²) < 4.78 is 19.7. The number of ether oxygens (including phenoxy) is 1. The average molecular weight is 454 g/mol. The van der Waals surface area contributed by atoms with Gasteiger partial charge in [-0.25, -0.2) is 14.4 Å². The number of hydrogen-bond acceptors (Lipinski definition) is 7. The van der Waals surface area contributed by atoms with E-state index in [0.29, 0.717) is 37.2 Å². The zero-order valence-corrected chi connectivity index (χ0v) is 18.5. The Hall–Kier alpha value is -3.07. The molecule has 0 aliphatic carbocycles. The molecule has 8 nitrogen and oxygen atoms in total. The van der Waals surface area contributed by atoms with E-state index < -0.39 is 11.4 Å². The molecule has 174 valence electrons. The lowest BCUT2D eigenvalue weighted by atomic mass is 9.82. The minimum atomic E-state index is -0.594. The highest BCUT2D eigenvalue weighted by Gasteiger charge is 2.44. The number of Topliss-reactive ketones (excluding diaryl/α,β-unsaturated/α-hetero) is 1. The molecule has 0 unspecified atom stereocenters. The van der Waals surface area contributed by atoms with Crippen molar-refractivity contribution in [1.82, 2.24) is 19.8 Å². The zero-order chi connectivity index (χ0) is 23.0. The van der Waals surface area contributed by atoms with Crippen LogP contribution in [0.25, 0.3) is 0 Å². The number of fused-ring (bicyclic) bond motifs is 1. The van der Waals surface area contributed by atoms with Crippen molar-refractivity contribution in [2.45, 2.75) is 44.2 Å². The van der Waals surface area contributed by atoms with Crippen molar-refractivity contribution in [2.24, 2.45) is 5.92 Å². The highest BCUT2D eigenvalue weighted by Crippen LogP contribution is 2.40. The predicted octanol–water partition coefficient (Wildman–Crippen LogP) is 2.44. The third kappa shape index (κ3) is 4.55. The van der Waals surface area contributed by atoms with Crippen LogP contribution in [0.5, 0.6) is 5.75 Å². The Bertz CT molecular complexity index is 1040. The van der Waals surface area contributed by atoms with Gasteiger partial charge >= 0.3 is 0 Å². The summed E-state index contributed by atoms with van der Waals surface area (Å²) in [5.41, 5.74) is 6.28. The van der Waals surface area contributed by atoms with Crippen LogP contribution in [0.1, 0.15) is 48.0 Å². The number of carbonyl (C=O) groups excluding carboxylic acids is 2. The van der Waals surface area contributed by atoms with E-state index in [1.807, 2.05) is 4.90 Å². The Morgan fingerprint density at radius 3 is 2.55 bits per heavy atom. The number of hydrogen-bond donors (Lipinski definition) is 1. The summed E-state index contributed by atoms with van der Waals surface area (Å²) in [7, 11) is 0. The van der Waals surface area contributed by atoms with E-state index in [1.165, 1.54) is 18.2 Å². The lowest BCUT2D eigenvalue weighted by Crippen LogP contribution is -2.53. The first-order valence-corrected chi connectivity index (χ1v) is 11.5. The summed E-state index contributed by atoms with van der Waals surface area (Å²) in [6.07, 6.45) is 6.59. The number of nitrogens with two attached hydrogens (primary N) is 1. The van der Waals surface area contributed by atoms with Crippen LogP contribution in [0.15, 0.2) is 30.6 Å². The van der Waals surface area contributed by atoms with Gasteiger partial charge in [-0.1, -0.05) is 0 Å². The molecule has 1 spiro atoms. The minimum absolute atomic E-state index is 0.0237. The quantitative estimate of drug-likeness (QED) is 0.762. The maximum atomic E-state index is 13.5. The molecule has 2 fully saturated rings.